The SMILES string of the molecule is [B]c1ccc(F)c(F)c1C(=O)C(=O)OCC. The van der Waals surface area contributed by atoms with Gasteiger partial charge in [-0.3, -0.25) is 4.79 Å². The summed E-state index contributed by atoms with van der Waals surface area (Å²) in [7, 11) is 5.29. The maximum Gasteiger partial charge on any atom is 0.379 e. The summed E-state index contributed by atoms with van der Waals surface area (Å²) in [6.07, 6.45) is 0. The smallest absolute Gasteiger partial charge is 0.379 e. The van der Waals surface area contributed by atoms with Crippen molar-refractivity contribution in [2.45, 2.75) is 6.92 Å². The molecule has 82 valence electrons. The van der Waals surface area contributed by atoms with Crippen LogP contribution < -0.4 is 5.46 Å². The zero-order valence-electron chi connectivity index (χ0n) is 8.42. The number of hydrogen-bond donors (Lipinski definition) is 0. The molecule has 0 bridgehead atoms. The van der Waals surface area contributed by atoms with Crippen molar-refractivity contribution in [3.05, 3.63) is 29.3 Å². The average Bonchev–Trinajstić information content (AvgIpc) is 2.24. The van der Waals surface area contributed by atoms with Gasteiger partial charge in [-0.25, -0.2) is 13.6 Å². The minimum absolute atomic E-state index is 0.0403. The van der Waals surface area contributed by atoms with Crippen LogP contribution >= 0.6 is 0 Å². The molecule has 1 aromatic carbocycles. The molecule has 16 heavy (non-hydrogen) atoms. The Balaban J connectivity index is 3.18. The van der Waals surface area contributed by atoms with Gasteiger partial charge < -0.3 is 4.74 Å². The summed E-state index contributed by atoms with van der Waals surface area (Å²) in [6.45, 7) is 1.44. The van der Waals surface area contributed by atoms with E-state index in [1.54, 1.807) is 0 Å². The second-order valence-electron chi connectivity index (χ2n) is 2.88. The molecule has 0 amide bonds. The summed E-state index contributed by atoms with van der Waals surface area (Å²) < 4.78 is 30.4. The highest BCUT2D eigenvalue weighted by Gasteiger charge is 2.24. The molecule has 0 aromatic heterocycles. The molecule has 0 aliphatic carbocycles. The summed E-state index contributed by atoms with van der Waals surface area (Å²) in [5, 5.41) is 0. The average molecular weight is 224 g/mol. The molecule has 0 aliphatic rings. The van der Waals surface area contributed by atoms with E-state index < -0.39 is 29.0 Å². The van der Waals surface area contributed by atoms with E-state index >= 15 is 0 Å². The zero-order valence-corrected chi connectivity index (χ0v) is 8.42. The van der Waals surface area contributed by atoms with E-state index in [-0.39, 0.29) is 12.1 Å². The number of rotatable bonds is 3. The maximum absolute atomic E-state index is 13.2. The fourth-order valence-electron chi connectivity index (χ4n) is 1.10. The van der Waals surface area contributed by atoms with E-state index in [4.69, 9.17) is 7.85 Å². The first-order chi connectivity index (χ1) is 7.49. The number of halogens is 2. The van der Waals surface area contributed by atoms with E-state index in [1.807, 2.05) is 0 Å². The normalized spacial score (nSPS) is 9.94. The number of Topliss-reactive ketones (excluding diaryl/α,β-unsaturated/α-hetero) is 1. The number of esters is 1. The van der Waals surface area contributed by atoms with Gasteiger partial charge in [0.15, 0.2) is 11.6 Å². The Morgan fingerprint density at radius 3 is 2.56 bits per heavy atom. The lowest BCUT2D eigenvalue weighted by molar-refractivity contribution is -0.137. The van der Waals surface area contributed by atoms with E-state index in [2.05, 4.69) is 4.74 Å². The Morgan fingerprint density at radius 1 is 1.38 bits per heavy atom. The van der Waals surface area contributed by atoms with Crippen LogP contribution in [0, 0.1) is 11.6 Å². The second-order valence-corrected chi connectivity index (χ2v) is 2.88. The molecule has 0 atom stereocenters. The molecular formula is C10H7BF2O3. The number of ketones is 1. The topological polar surface area (TPSA) is 43.4 Å². The summed E-state index contributed by atoms with van der Waals surface area (Å²) in [5.74, 6) is -5.25. The van der Waals surface area contributed by atoms with Crippen LogP contribution in [0.3, 0.4) is 0 Å². The Labute approximate surface area is 91.8 Å². The van der Waals surface area contributed by atoms with Crippen molar-refractivity contribution in [2.24, 2.45) is 0 Å². The van der Waals surface area contributed by atoms with E-state index in [1.165, 1.54) is 6.92 Å². The van der Waals surface area contributed by atoms with Gasteiger partial charge in [-0.15, -0.1) is 0 Å². The van der Waals surface area contributed by atoms with Crippen LogP contribution in [0.5, 0.6) is 0 Å². The highest BCUT2D eigenvalue weighted by atomic mass is 19.2. The van der Waals surface area contributed by atoms with Crippen LogP contribution in [0.25, 0.3) is 0 Å². The minimum atomic E-state index is -1.45. The fraction of sp³-hybridized carbons (Fsp3) is 0.200. The van der Waals surface area contributed by atoms with Crippen molar-refractivity contribution in [2.75, 3.05) is 6.61 Å². The van der Waals surface area contributed by atoms with Crippen LogP contribution in [0.15, 0.2) is 12.1 Å². The number of hydrogen-bond acceptors (Lipinski definition) is 3. The lowest BCUT2D eigenvalue weighted by Gasteiger charge is -2.06. The summed E-state index contributed by atoms with van der Waals surface area (Å²) in [5.41, 5.74) is -1.10. The van der Waals surface area contributed by atoms with Crippen molar-refractivity contribution < 1.29 is 23.1 Å². The van der Waals surface area contributed by atoms with Gasteiger partial charge in [0.1, 0.15) is 7.85 Å². The van der Waals surface area contributed by atoms with Gasteiger partial charge in [-0.05, 0) is 13.0 Å². The van der Waals surface area contributed by atoms with Gasteiger partial charge in [-0.1, -0.05) is 11.5 Å². The molecule has 0 aliphatic heterocycles. The predicted molar refractivity (Wildman–Crippen MR) is 52.7 cm³/mol. The van der Waals surface area contributed by atoms with Crippen LogP contribution in [0.4, 0.5) is 8.78 Å². The van der Waals surface area contributed by atoms with Gasteiger partial charge in [0, 0.05) is 0 Å². The maximum atomic E-state index is 13.2. The summed E-state index contributed by atoms with van der Waals surface area (Å²) in [4.78, 5) is 22.4. The van der Waals surface area contributed by atoms with Crippen LogP contribution in [0.1, 0.15) is 17.3 Å². The third-order valence-corrected chi connectivity index (χ3v) is 1.81. The van der Waals surface area contributed by atoms with Gasteiger partial charge in [0.25, 0.3) is 5.78 Å². The zero-order chi connectivity index (χ0) is 12.3. The molecular weight excluding hydrogens is 217 g/mol. The van der Waals surface area contributed by atoms with Gasteiger partial charge in [0.2, 0.25) is 0 Å². The Hall–Kier alpha value is -1.72. The highest BCUT2D eigenvalue weighted by Crippen LogP contribution is 2.10. The highest BCUT2D eigenvalue weighted by molar-refractivity contribution is 6.47. The van der Waals surface area contributed by atoms with E-state index in [9.17, 15) is 18.4 Å². The van der Waals surface area contributed by atoms with E-state index in [0.29, 0.717) is 0 Å². The number of carbonyl (C=O) groups excluding carboxylic acids is 2. The van der Waals surface area contributed by atoms with Gasteiger partial charge in [-0.2, -0.15) is 0 Å². The Morgan fingerprint density at radius 2 is 2.00 bits per heavy atom. The van der Waals surface area contributed by atoms with Crippen molar-refractivity contribution in [1.29, 1.82) is 0 Å². The molecule has 0 heterocycles. The molecule has 1 rings (SSSR count). The van der Waals surface area contributed by atoms with Crippen molar-refractivity contribution in [1.82, 2.24) is 0 Å². The Kier molecular flexibility index (Phi) is 3.76. The number of carbonyl (C=O) groups is 2. The fourth-order valence-corrected chi connectivity index (χ4v) is 1.10. The molecule has 0 fully saturated rings. The molecule has 3 nitrogen and oxygen atoms in total. The standard InChI is InChI=1S/C10H7BF2O3/c1-2-16-10(15)9(14)7-5(11)3-4-6(12)8(7)13/h3-4H,2H2,1H3. The van der Waals surface area contributed by atoms with E-state index in [0.717, 1.165) is 12.1 Å². The van der Waals surface area contributed by atoms with Crippen LogP contribution in [-0.4, -0.2) is 26.2 Å². The third kappa shape index (κ3) is 2.26. The van der Waals surface area contributed by atoms with Crippen LogP contribution in [0.2, 0.25) is 0 Å². The second kappa shape index (κ2) is 4.87. The Bertz CT molecular complexity index is 446. The molecule has 0 N–H and O–H groups in total. The summed E-state index contributed by atoms with van der Waals surface area (Å²) >= 11 is 0. The number of benzene rings is 1. The predicted octanol–water partition coefficient (Wildman–Crippen LogP) is 0.504. The van der Waals surface area contributed by atoms with Crippen LogP contribution in [-0.2, 0) is 9.53 Å². The van der Waals surface area contributed by atoms with Crippen molar-refractivity contribution in [3.8, 4) is 0 Å². The molecule has 0 saturated heterocycles. The first-order valence-electron chi connectivity index (χ1n) is 4.44. The quantitative estimate of drug-likeness (QED) is 0.325. The molecule has 6 heteroatoms. The number of ether oxygens (including phenoxy) is 1. The first kappa shape index (κ1) is 12.4. The molecule has 2 radical (unpaired) electrons. The molecule has 0 unspecified atom stereocenters. The largest absolute Gasteiger partial charge is 0.460 e. The van der Waals surface area contributed by atoms with Gasteiger partial charge >= 0.3 is 5.97 Å². The molecule has 0 saturated carbocycles. The third-order valence-electron chi connectivity index (χ3n) is 1.81. The lowest BCUT2D eigenvalue weighted by atomic mass is 9.88. The molecule has 0 spiro atoms. The van der Waals surface area contributed by atoms with Crippen molar-refractivity contribution in [3.63, 3.8) is 0 Å². The minimum Gasteiger partial charge on any atom is -0.460 e. The first-order valence-corrected chi connectivity index (χ1v) is 4.44. The monoisotopic (exact) mass is 224 g/mol. The van der Waals surface area contributed by atoms with Gasteiger partial charge in [0.05, 0.1) is 12.2 Å². The molecule has 1 aromatic rings. The van der Waals surface area contributed by atoms with Crippen molar-refractivity contribution >= 4 is 25.1 Å². The lowest BCUT2D eigenvalue weighted by Crippen LogP contribution is -2.26. The summed E-state index contributed by atoms with van der Waals surface area (Å²) in [6, 6.07) is 1.78.